The van der Waals surface area contributed by atoms with E-state index in [2.05, 4.69) is 5.73 Å². The number of hydrogen-bond acceptors (Lipinski definition) is 6. The number of carboxylic acids is 4. The molecule has 0 aromatic rings. The molecule has 0 bridgehead atoms. The monoisotopic (exact) mass is 280 g/mol. The van der Waals surface area contributed by atoms with Gasteiger partial charge in [0.1, 0.15) is 6.04 Å². The van der Waals surface area contributed by atoms with E-state index >= 15 is 0 Å². The van der Waals surface area contributed by atoms with E-state index in [0.717, 1.165) is 0 Å². The molecule has 1 unspecified atom stereocenters. The molecule has 0 aromatic heterocycles. The van der Waals surface area contributed by atoms with Crippen LogP contribution in [0.1, 0.15) is 19.3 Å². The average Bonchev–Trinajstić information content (AvgIpc) is 2.27. The van der Waals surface area contributed by atoms with Gasteiger partial charge in [-0.2, -0.15) is 0 Å². The lowest BCUT2D eigenvalue weighted by molar-refractivity contribution is -0.149. The quantitative estimate of drug-likeness (QED) is 0.287. The van der Waals surface area contributed by atoms with Gasteiger partial charge in [-0.25, -0.2) is 9.59 Å². The first kappa shape index (κ1) is 19.1. The maximum absolute atomic E-state index is 10.1. The van der Waals surface area contributed by atoms with Crippen LogP contribution >= 0.6 is 0 Å². The maximum Gasteiger partial charge on any atom is 0.332 e. The highest BCUT2D eigenvalue weighted by Crippen LogP contribution is 1.98. The Morgan fingerprint density at radius 1 is 0.842 bits per heavy atom. The Labute approximate surface area is 107 Å². The summed E-state index contributed by atoms with van der Waals surface area (Å²) in [7, 11) is 0. The Morgan fingerprint density at radius 3 is 1.47 bits per heavy atom. The van der Waals surface area contributed by atoms with Crippen molar-refractivity contribution in [2.75, 3.05) is 0 Å². The third-order valence-electron chi connectivity index (χ3n) is 1.76. The lowest BCUT2D eigenvalue weighted by Gasteiger charge is -2.02. The summed E-state index contributed by atoms with van der Waals surface area (Å²) in [6.45, 7) is 0. The highest BCUT2D eigenvalue weighted by atomic mass is 16.4. The average molecular weight is 280 g/mol. The van der Waals surface area contributed by atoms with Gasteiger partial charge in [0.15, 0.2) is 0 Å². The van der Waals surface area contributed by atoms with Crippen molar-refractivity contribution in [2.45, 2.75) is 31.3 Å². The van der Waals surface area contributed by atoms with Gasteiger partial charge in [0.25, 0.3) is 0 Å². The fraction of sp³-hybridized carbons (Fsp3) is 0.556. The Morgan fingerprint density at radius 2 is 1.26 bits per heavy atom. The molecule has 1 atom stereocenters. The van der Waals surface area contributed by atoms with Crippen molar-refractivity contribution in [1.29, 1.82) is 0 Å². The Hall–Kier alpha value is -2.20. The van der Waals surface area contributed by atoms with Gasteiger partial charge in [0.05, 0.1) is 0 Å². The molecule has 0 saturated heterocycles. The molecule has 0 fully saturated rings. The van der Waals surface area contributed by atoms with Gasteiger partial charge in [0.2, 0.25) is 6.04 Å². The zero-order valence-corrected chi connectivity index (χ0v) is 9.85. The summed E-state index contributed by atoms with van der Waals surface area (Å²) in [6, 6.07) is -2.73. The number of nitrogens with two attached hydrogens (primary N) is 2. The third-order valence-corrected chi connectivity index (χ3v) is 1.76. The molecular weight excluding hydrogens is 264 g/mol. The number of aliphatic carboxylic acids is 4. The summed E-state index contributed by atoms with van der Waals surface area (Å²) in [5.41, 5.74) is 9.67. The predicted molar refractivity (Wildman–Crippen MR) is 60.3 cm³/mol. The molecule has 0 radical (unpaired) electrons. The fourth-order valence-corrected chi connectivity index (χ4v) is 0.702. The van der Waals surface area contributed by atoms with E-state index in [1.54, 1.807) is 0 Å². The molecule has 8 N–H and O–H groups in total. The lowest BCUT2D eigenvalue weighted by Crippen LogP contribution is -2.38. The normalized spacial score (nSPS) is 11.1. The second-order valence-corrected chi connectivity index (χ2v) is 3.38. The largest absolute Gasteiger partial charge is 0.481 e. The first-order valence-electron chi connectivity index (χ1n) is 5.01. The highest BCUT2D eigenvalue weighted by molar-refractivity contribution is 5.96. The van der Waals surface area contributed by atoms with Crippen LogP contribution in [0.15, 0.2) is 0 Å². The molecule has 0 amide bonds. The highest BCUT2D eigenvalue weighted by Gasteiger charge is 2.18. The molecule has 0 heterocycles. The second kappa shape index (κ2) is 9.79. The van der Waals surface area contributed by atoms with Gasteiger partial charge < -0.3 is 31.9 Å². The van der Waals surface area contributed by atoms with E-state index < -0.39 is 36.0 Å². The molecule has 10 nitrogen and oxygen atoms in total. The first-order chi connectivity index (χ1) is 8.59. The van der Waals surface area contributed by atoms with Crippen molar-refractivity contribution in [3.63, 3.8) is 0 Å². The predicted octanol–water partition coefficient (Wildman–Crippen LogP) is -1.86. The third kappa shape index (κ3) is 12.1. The minimum absolute atomic E-state index is 0.0268. The van der Waals surface area contributed by atoms with Crippen LogP contribution in [-0.2, 0) is 19.2 Å². The van der Waals surface area contributed by atoms with Crippen LogP contribution in [-0.4, -0.2) is 56.4 Å². The van der Waals surface area contributed by atoms with Gasteiger partial charge in [-0.1, -0.05) is 0 Å². The molecule has 0 aromatic carbocycles. The molecule has 0 spiro atoms. The number of hydrogen-bond donors (Lipinski definition) is 6. The molecular formula is C9H16N2O8. The first-order valence-corrected chi connectivity index (χ1v) is 5.01. The van der Waals surface area contributed by atoms with E-state index in [1.807, 2.05) is 0 Å². The van der Waals surface area contributed by atoms with Crippen LogP contribution in [0.3, 0.4) is 0 Å². The molecule has 10 heteroatoms. The Bertz CT molecular complexity index is 329. The zero-order valence-electron chi connectivity index (χ0n) is 9.85. The summed E-state index contributed by atoms with van der Waals surface area (Å²) in [4.78, 5) is 39.3. The van der Waals surface area contributed by atoms with Gasteiger partial charge in [-0.3, -0.25) is 9.59 Å². The smallest absolute Gasteiger partial charge is 0.332 e. The van der Waals surface area contributed by atoms with Crippen molar-refractivity contribution >= 4 is 23.9 Å². The lowest BCUT2D eigenvalue weighted by atomic mass is 10.1. The van der Waals surface area contributed by atoms with E-state index in [0.29, 0.717) is 6.42 Å². The topological polar surface area (TPSA) is 201 Å². The van der Waals surface area contributed by atoms with E-state index in [9.17, 15) is 19.2 Å². The molecule has 110 valence electrons. The summed E-state index contributed by atoms with van der Waals surface area (Å²) in [6.07, 6.45) is 0.491. The van der Waals surface area contributed by atoms with Gasteiger partial charge in [0, 0.05) is 6.42 Å². The minimum atomic E-state index is -1.80. The molecule has 0 aliphatic rings. The Kier molecular flexibility index (Phi) is 9.87. The zero-order chi connectivity index (χ0) is 15.6. The summed E-state index contributed by atoms with van der Waals surface area (Å²) in [5.74, 6) is -5.08. The van der Waals surface area contributed by atoms with E-state index in [-0.39, 0.29) is 12.8 Å². The minimum Gasteiger partial charge on any atom is -0.481 e. The van der Waals surface area contributed by atoms with E-state index in [1.165, 1.54) is 0 Å². The summed E-state index contributed by atoms with van der Waals surface area (Å²) < 4.78 is 0. The van der Waals surface area contributed by atoms with Crippen molar-refractivity contribution in [3.05, 3.63) is 0 Å². The molecule has 0 aliphatic carbocycles. The maximum atomic E-state index is 10.1. The molecule has 0 aliphatic heterocycles. The number of carbonyl (C=O) groups is 4. The van der Waals surface area contributed by atoms with Gasteiger partial charge in [-0.15, -0.1) is 0 Å². The molecule has 19 heavy (non-hydrogen) atoms. The van der Waals surface area contributed by atoms with E-state index in [4.69, 9.17) is 26.2 Å². The van der Waals surface area contributed by atoms with Crippen LogP contribution in [0.5, 0.6) is 0 Å². The van der Waals surface area contributed by atoms with Gasteiger partial charge in [-0.05, 0) is 12.8 Å². The van der Waals surface area contributed by atoms with Crippen molar-refractivity contribution in [3.8, 4) is 0 Å². The SMILES string of the molecule is NC(C(=O)O)C(=O)O.NC(CCCC(=O)O)C(=O)O. The molecule has 0 rings (SSSR count). The summed E-state index contributed by atoms with van der Waals surface area (Å²) in [5, 5.41) is 32.1. The van der Waals surface area contributed by atoms with Crippen molar-refractivity contribution < 1.29 is 39.6 Å². The number of carboxylic acid groups (broad SMARTS) is 4. The fourth-order valence-electron chi connectivity index (χ4n) is 0.702. The van der Waals surface area contributed by atoms with Crippen LogP contribution in [0, 0.1) is 0 Å². The van der Waals surface area contributed by atoms with Crippen LogP contribution < -0.4 is 11.5 Å². The second-order valence-electron chi connectivity index (χ2n) is 3.38. The standard InChI is InChI=1S/C6H11NO4.C3H5NO4/c7-4(6(10)11)2-1-3-5(8)9;4-1(2(5)6)3(7)8/h4H,1-3,7H2,(H,8,9)(H,10,11);1H,4H2,(H,5,6)(H,7,8). The van der Waals surface area contributed by atoms with Crippen molar-refractivity contribution in [1.82, 2.24) is 0 Å². The van der Waals surface area contributed by atoms with Gasteiger partial charge >= 0.3 is 23.9 Å². The Balaban J connectivity index is 0. The van der Waals surface area contributed by atoms with Crippen LogP contribution in [0.2, 0.25) is 0 Å². The van der Waals surface area contributed by atoms with Crippen LogP contribution in [0.25, 0.3) is 0 Å². The summed E-state index contributed by atoms with van der Waals surface area (Å²) >= 11 is 0. The number of rotatable bonds is 7. The molecule has 0 saturated carbocycles. The van der Waals surface area contributed by atoms with Crippen molar-refractivity contribution in [2.24, 2.45) is 11.5 Å². The van der Waals surface area contributed by atoms with Crippen LogP contribution in [0.4, 0.5) is 0 Å².